The number of halogens is 1. The van der Waals surface area contributed by atoms with E-state index in [2.05, 4.69) is 29.8 Å². The smallest absolute Gasteiger partial charge is 0.300 e. The normalized spacial score (nSPS) is 18.2. The van der Waals surface area contributed by atoms with Crippen LogP contribution in [0, 0.1) is 0 Å². The highest BCUT2D eigenvalue weighted by Gasteiger charge is 2.47. The number of aliphatic hydroxyl groups excluding tert-OH is 1. The number of rotatable bonds is 5. The first-order valence-corrected chi connectivity index (χ1v) is 12.2. The molecule has 3 aromatic carbocycles. The summed E-state index contributed by atoms with van der Waals surface area (Å²) >= 11 is 3.42. The van der Waals surface area contributed by atoms with Gasteiger partial charge in [-0.2, -0.15) is 0 Å². The molecule has 2 heterocycles. The average molecular weight is 550 g/mol. The quantitative estimate of drug-likeness (QED) is 0.241. The number of hydrogen-bond donors (Lipinski definition) is 1. The molecule has 1 atom stereocenters. The van der Waals surface area contributed by atoms with E-state index in [1.54, 1.807) is 36.4 Å². The molecular weight excluding hydrogens is 526 g/mol. The van der Waals surface area contributed by atoms with Gasteiger partial charge in [-0.1, -0.05) is 38.1 Å². The second-order valence-electron chi connectivity index (χ2n) is 8.88. The highest BCUT2D eigenvalue weighted by molar-refractivity contribution is 9.10. The van der Waals surface area contributed by atoms with Gasteiger partial charge in [-0.15, -0.1) is 0 Å². The fraction of sp³-hybridized carbons (Fsp3) is 0.214. The van der Waals surface area contributed by atoms with Gasteiger partial charge >= 0.3 is 0 Å². The summed E-state index contributed by atoms with van der Waals surface area (Å²) < 4.78 is 16.8. The van der Waals surface area contributed by atoms with E-state index in [4.69, 9.17) is 14.2 Å². The van der Waals surface area contributed by atoms with E-state index in [0.717, 1.165) is 5.56 Å². The lowest BCUT2D eigenvalue weighted by Gasteiger charge is -2.26. The highest BCUT2D eigenvalue weighted by atomic mass is 79.9. The summed E-state index contributed by atoms with van der Waals surface area (Å²) in [4.78, 5) is 28.2. The molecule has 0 spiro atoms. The minimum atomic E-state index is -0.840. The van der Waals surface area contributed by atoms with E-state index in [1.807, 2.05) is 24.3 Å². The summed E-state index contributed by atoms with van der Waals surface area (Å²) in [5.74, 6) is 0.177. The maximum atomic E-state index is 13.4. The van der Waals surface area contributed by atoms with Gasteiger partial charge in [0.1, 0.15) is 11.5 Å². The molecule has 2 aliphatic rings. The maximum Gasteiger partial charge on any atom is 0.300 e. The molecule has 2 aliphatic heterocycles. The lowest BCUT2D eigenvalue weighted by atomic mass is 9.93. The molecule has 1 unspecified atom stereocenters. The Bertz CT molecular complexity index is 1400. The standard InChI is InChI=1S/C28H24BrNO6/c1-15(2)16-4-6-17(7-5-16)25-24(26(31)18-8-10-21(34-3)20(29)12-18)27(32)28(33)30(25)19-9-11-22-23(13-19)36-14-35-22/h4-13,15,25,31H,14H2,1-3H3/b26-24+. The van der Waals surface area contributed by atoms with Gasteiger partial charge in [0, 0.05) is 17.3 Å². The van der Waals surface area contributed by atoms with Crippen LogP contribution in [0.2, 0.25) is 0 Å². The third-order valence-corrected chi connectivity index (χ3v) is 7.04. The Morgan fingerprint density at radius 3 is 2.42 bits per heavy atom. The van der Waals surface area contributed by atoms with Crippen molar-refractivity contribution in [2.75, 3.05) is 18.8 Å². The molecule has 0 radical (unpaired) electrons. The lowest BCUT2D eigenvalue weighted by molar-refractivity contribution is -0.132. The molecule has 0 saturated carbocycles. The second-order valence-corrected chi connectivity index (χ2v) is 9.73. The molecule has 1 fully saturated rings. The van der Waals surface area contributed by atoms with Crippen molar-refractivity contribution in [3.05, 3.63) is 87.4 Å². The van der Waals surface area contributed by atoms with Gasteiger partial charge in [-0.05, 0) is 63.3 Å². The predicted octanol–water partition coefficient (Wildman–Crippen LogP) is 5.94. The number of nitrogens with zero attached hydrogens (tertiary/aromatic N) is 1. The van der Waals surface area contributed by atoms with Crippen LogP contribution in [0.15, 0.2) is 70.7 Å². The van der Waals surface area contributed by atoms with Gasteiger partial charge < -0.3 is 19.3 Å². The third-order valence-electron chi connectivity index (χ3n) is 6.42. The van der Waals surface area contributed by atoms with Crippen molar-refractivity contribution in [1.29, 1.82) is 0 Å². The van der Waals surface area contributed by atoms with Crippen molar-refractivity contribution in [3.63, 3.8) is 0 Å². The van der Waals surface area contributed by atoms with E-state index in [0.29, 0.717) is 44.5 Å². The van der Waals surface area contributed by atoms with E-state index >= 15 is 0 Å². The van der Waals surface area contributed by atoms with Crippen molar-refractivity contribution >= 4 is 39.1 Å². The number of hydrogen-bond acceptors (Lipinski definition) is 6. The minimum absolute atomic E-state index is 0.00651. The van der Waals surface area contributed by atoms with Crippen molar-refractivity contribution in [3.8, 4) is 17.2 Å². The Morgan fingerprint density at radius 2 is 1.75 bits per heavy atom. The monoisotopic (exact) mass is 549 g/mol. The number of ketones is 1. The molecule has 3 aromatic rings. The summed E-state index contributed by atoms with van der Waals surface area (Å²) in [7, 11) is 1.54. The largest absolute Gasteiger partial charge is 0.507 e. The highest BCUT2D eigenvalue weighted by Crippen LogP contribution is 2.45. The Morgan fingerprint density at radius 1 is 1.03 bits per heavy atom. The van der Waals surface area contributed by atoms with Crippen LogP contribution < -0.4 is 19.1 Å². The molecule has 1 saturated heterocycles. The van der Waals surface area contributed by atoms with Crippen LogP contribution in [-0.2, 0) is 9.59 Å². The maximum absolute atomic E-state index is 13.4. The SMILES string of the molecule is COc1ccc(/C(O)=C2\C(=O)C(=O)N(c3ccc4c(c3)OCO4)C2c2ccc(C(C)C)cc2)cc1Br. The zero-order chi connectivity index (χ0) is 25.6. The van der Waals surface area contributed by atoms with Crippen LogP contribution in [0.5, 0.6) is 17.2 Å². The predicted molar refractivity (Wildman–Crippen MR) is 139 cm³/mol. The van der Waals surface area contributed by atoms with Gasteiger partial charge in [0.2, 0.25) is 6.79 Å². The first-order chi connectivity index (χ1) is 17.3. The second kappa shape index (κ2) is 9.35. The number of aliphatic hydroxyl groups is 1. The van der Waals surface area contributed by atoms with Gasteiger partial charge in [-0.3, -0.25) is 14.5 Å². The number of carbonyl (C=O) groups is 2. The van der Waals surface area contributed by atoms with Crippen LogP contribution in [0.4, 0.5) is 5.69 Å². The lowest BCUT2D eigenvalue weighted by Crippen LogP contribution is -2.29. The van der Waals surface area contributed by atoms with Crippen molar-refractivity contribution in [2.24, 2.45) is 0 Å². The molecule has 1 N–H and O–H groups in total. The number of carbonyl (C=O) groups excluding carboxylic acids is 2. The Labute approximate surface area is 217 Å². The van der Waals surface area contributed by atoms with Crippen molar-refractivity contribution < 1.29 is 28.9 Å². The molecule has 7 nitrogen and oxygen atoms in total. The molecule has 5 rings (SSSR count). The van der Waals surface area contributed by atoms with Crippen molar-refractivity contribution in [2.45, 2.75) is 25.8 Å². The van der Waals surface area contributed by atoms with Crippen molar-refractivity contribution in [1.82, 2.24) is 0 Å². The molecule has 8 heteroatoms. The first kappa shape index (κ1) is 23.9. The number of methoxy groups -OCH3 is 1. The Balaban J connectivity index is 1.69. The average Bonchev–Trinajstić information content (AvgIpc) is 3.45. The summed E-state index contributed by atoms with van der Waals surface area (Å²) in [6.07, 6.45) is 0. The molecule has 1 amide bonds. The summed E-state index contributed by atoms with van der Waals surface area (Å²) in [6, 6.07) is 17.0. The number of fused-ring (bicyclic) bond motifs is 1. The number of amides is 1. The number of Topliss-reactive ketones (excluding diaryl/α,β-unsaturated/α-hetero) is 1. The summed E-state index contributed by atoms with van der Waals surface area (Å²) in [6.45, 7) is 4.27. The Kier molecular flexibility index (Phi) is 6.22. The van der Waals surface area contributed by atoms with Gasteiger partial charge in [-0.25, -0.2) is 0 Å². The molecule has 0 aromatic heterocycles. The zero-order valence-electron chi connectivity index (χ0n) is 19.9. The number of ether oxygens (including phenoxy) is 3. The zero-order valence-corrected chi connectivity index (χ0v) is 21.5. The van der Waals surface area contributed by atoms with Crippen LogP contribution in [-0.4, -0.2) is 30.7 Å². The van der Waals surface area contributed by atoms with E-state index in [1.165, 1.54) is 12.0 Å². The van der Waals surface area contributed by atoms with Gasteiger partial charge in [0.25, 0.3) is 11.7 Å². The van der Waals surface area contributed by atoms with Crippen LogP contribution in [0.25, 0.3) is 5.76 Å². The summed E-state index contributed by atoms with van der Waals surface area (Å²) in [5.41, 5.74) is 2.68. The van der Waals surface area contributed by atoms with Crippen LogP contribution in [0.3, 0.4) is 0 Å². The molecule has 184 valence electrons. The fourth-order valence-electron chi connectivity index (χ4n) is 4.48. The molecular formula is C28H24BrNO6. The van der Waals surface area contributed by atoms with E-state index in [-0.39, 0.29) is 18.1 Å². The first-order valence-electron chi connectivity index (χ1n) is 11.4. The van der Waals surface area contributed by atoms with Gasteiger partial charge in [0.15, 0.2) is 11.5 Å². The minimum Gasteiger partial charge on any atom is -0.507 e. The van der Waals surface area contributed by atoms with Crippen LogP contribution >= 0.6 is 15.9 Å². The van der Waals surface area contributed by atoms with E-state index < -0.39 is 17.7 Å². The fourth-order valence-corrected chi connectivity index (χ4v) is 5.02. The summed E-state index contributed by atoms with van der Waals surface area (Å²) in [5, 5.41) is 11.4. The van der Waals surface area contributed by atoms with Crippen LogP contribution in [0.1, 0.15) is 42.5 Å². The van der Waals surface area contributed by atoms with E-state index in [9.17, 15) is 14.7 Å². The molecule has 0 bridgehead atoms. The number of anilines is 1. The topological polar surface area (TPSA) is 85.3 Å². The molecule has 0 aliphatic carbocycles. The third kappa shape index (κ3) is 4.01. The number of benzene rings is 3. The molecule has 36 heavy (non-hydrogen) atoms. The Hall–Kier alpha value is -3.78. The van der Waals surface area contributed by atoms with Gasteiger partial charge in [0.05, 0.1) is 23.2 Å².